The highest BCUT2D eigenvalue weighted by Gasteiger charge is 2.07. The molecule has 0 bridgehead atoms. The summed E-state index contributed by atoms with van der Waals surface area (Å²) in [7, 11) is -2.85. The summed E-state index contributed by atoms with van der Waals surface area (Å²) in [6, 6.07) is 0.283. The molecule has 0 radical (unpaired) electrons. The highest BCUT2D eigenvalue weighted by Crippen LogP contribution is 2.04. The van der Waals surface area contributed by atoms with Crippen LogP contribution in [0.4, 0.5) is 0 Å². The molecule has 98 valence electrons. The number of hydrogen-bond donors (Lipinski definition) is 1. The van der Waals surface area contributed by atoms with Crippen molar-refractivity contribution in [3.8, 4) is 0 Å². The summed E-state index contributed by atoms with van der Waals surface area (Å²) in [6.07, 6.45) is 3.41. The minimum absolute atomic E-state index is 0.219. The van der Waals surface area contributed by atoms with Crippen LogP contribution in [0, 0.1) is 0 Å². The third-order valence-electron chi connectivity index (χ3n) is 2.29. The van der Waals surface area contributed by atoms with E-state index >= 15 is 0 Å². The predicted molar refractivity (Wildman–Crippen MR) is 66.4 cm³/mol. The molecule has 1 aromatic rings. The number of aromatic nitrogens is 3. The first-order chi connectivity index (χ1) is 7.90. The average Bonchev–Trinajstić information content (AvgIpc) is 2.63. The summed E-state index contributed by atoms with van der Waals surface area (Å²) >= 11 is 0. The Kier molecular flexibility index (Phi) is 5.07. The Morgan fingerprint density at radius 2 is 2.18 bits per heavy atom. The van der Waals surface area contributed by atoms with E-state index in [1.54, 1.807) is 0 Å². The van der Waals surface area contributed by atoms with Crippen molar-refractivity contribution < 1.29 is 8.42 Å². The summed E-state index contributed by atoms with van der Waals surface area (Å²) in [5.74, 6) is 1.09. The van der Waals surface area contributed by atoms with E-state index in [0.29, 0.717) is 19.5 Å². The molecule has 0 aliphatic heterocycles. The van der Waals surface area contributed by atoms with Crippen LogP contribution in [0.5, 0.6) is 0 Å². The fourth-order valence-electron chi connectivity index (χ4n) is 1.49. The summed E-state index contributed by atoms with van der Waals surface area (Å²) in [5.41, 5.74) is 0. The highest BCUT2D eigenvalue weighted by molar-refractivity contribution is 7.90. The maximum Gasteiger partial charge on any atom is 0.147 e. The van der Waals surface area contributed by atoms with Gasteiger partial charge in [0.1, 0.15) is 22.0 Å². The topological polar surface area (TPSA) is 76.9 Å². The highest BCUT2D eigenvalue weighted by atomic mass is 32.2. The molecule has 1 heterocycles. The number of hydrogen-bond acceptors (Lipinski definition) is 5. The van der Waals surface area contributed by atoms with Gasteiger partial charge in [-0.15, -0.1) is 0 Å². The van der Waals surface area contributed by atoms with E-state index in [1.165, 1.54) is 12.6 Å². The summed E-state index contributed by atoms with van der Waals surface area (Å²) in [4.78, 5) is 4.15. The second-order valence-electron chi connectivity index (χ2n) is 4.37. The molecule has 17 heavy (non-hydrogen) atoms. The Hall–Kier alpha value is -0.950. The van der Waals surface area contributed by atoms with Crippen LogP contribution in [0.25, 0.3) is 0 Å². The zero-order chi connectivity index (χ0) is 12.9. The van der Waals surface area contributed by atoms with Crippen LogP contribution in [0.3, 0.4) is 0 Å². The molecule has 0 spiro atoms. The molecule has 0 unspecified atom stereocenters. The van der Waals surface area contributed by atoms with Crippen molar-refractivity contribution in [3.05, 3.63) is 12.2 Å². The molecule has 6 nitrogen and oxygen atoms in total. The van der Waals surface area contributed by atoms with E-state index < -0.39 is 9.84 Å². The van der Waals surface area contributed by atoms with Crippen LogP contribution in [0.1, 0.15) is 32.1 Å². The molecule has 7 heteroatoms. The van der Waals surface area contributed by atoms with E-state index in [4.69, 9.17) is 0 Å². The number of nitrogens with one attached hydrogen (secondary N) is 1. The van der Waals surface area contributed by atoms with Crippen molar-refractivity contribution in [2.24, 2.45) is 0 Å². The SMILES string of the molecule is CC(C)n1ncnc1CNCCCS(C)(=O)=O. The van der Waals surface area contributed by atoms with Gasteiger partial charge < -0.3 is 5.32 Å². The van der Waals surface area contributed by atoms with Gasteiger partial charge in [-0.2, -0.15) is 5.10 Å². The zero-order valence-electron chi connectivity index (χ0n) is 10.5. The third kappa shape index (κ3) is 5.27. The standard InChI is InChI=1S/C10H20N4O2S/c1-9(2)14-10(12-8-13-14)7-11-5-4-6-17(3,15)16/h8-9,11H,4-7H2,1-3H3. The van der Waals surface area contributed by atoms with Crippen molar-refractivity contribution in [3.63, 3.8) is 0 Å². The van der Waals surface area contributed by atoms with Crippen LogP contribution in [-0.4, -0.2) is 41.7 Å². The second kappa shape index (κ2) is 6.11. The van der Waals surface area contributed by atoms with Crippen molar-refractivity contribution in [1.82, 2.24) is 20.1 Å². The van der Waals surface area contributed by atoms with Crippen LogP contribution in [0.2, 0.25) is 0 Å². The molecular formula is C10H20N4O2S. The van der Waals surface area contributed by atoms with Gasteiger partial charge in [-0.05, 0) is 26.8 Å². The first-order valence-corrected chi connectivity index (χ1v) is 7.73. The summed E-state index contributed by atoms with van der Waals surface area (Å²) in [6.45, 7) is 5.36. The molecular weight excluding hydrogens is 240 g/mol. The van der Waals surface area contributed by atoms with Gasteiger partial charge in [-0.3, -0.25) is 0 Å². The lowest BCUT2D eigenvalue weighted by molar-refractivity contribution is 0.490. The van der Waals surface area contributed by atoms with Crippen LogP contribution >= 0.6 is 0 Å². The van der Waals surface area contributed by atoms with Gasteiger partial charge in [0, 0.05) is 12.3 Å². The van der Waals surface area contributed by atoms with E-state index in [9.17, 15) is 8.42 Å². The lowest BCUT2D eigenvalue weighted by Crippen LogP contribution is -2.21. The van der Waals surface area contributed by atoms with Crippen molar-refractivity contribution in [2.45, 2.75) is 32.9 Å². The van der Waals surface area contributed by atoms with Crippen molar-refractivity contribution >= 4 is 9.84 Å². The summed E-state index contributed by atoms with van der Waals surface area (Å²) < 4.78 is 23.7. The van der Waals surface area contributed by atoms with E-state index in [0.717, 1.165) is 5.82 Å². The van der Waals surface area contributed by atoms with Crippen molar-refractivity contribution in [1.29, 1.82) is 0 Å². The normalized spacial score (nSPS) is 12.2. The monoisotopic (exact) mass is 260 g/mol. The fourth-order valence-corrected chi connectivity index (χ4v) is 2.16. The molecule has 1 aromatic heterocycles. The quantitative estimate of drug-likeness (QED) is 0.717. The zero-order valence-corrected chi connectivity index (χ0v) is 11.4. The molecule has 0 saturated heterocycles. The average molecular weight is 260 g/mol. The predicted octanol–water partition coefficient (Wildman–Crippen LogP) is 0.383. The van der Waals surface area contributed by atoms with Gasteiger partial charge in [-0.25, -0.2) is 18.1 Å². The van der Waals surface area contributed by atoms with Gasteiger partial charge in [0.2, 0.25) is 0 Å². The van der Waals surface area contributed by atoms with Gasteiger partial charge in [0.25, 0.3) is 0 Å². The van der Waals surface area contributed by atoms with Crippen molar-refractivity contribution in [2.75, 3.05) is 18.6 Å². The minimum Gasteiger partial charge on any atom is -0.310 e. The fraction of sp³-hybridized carbons (Fsp3) is 0.800. The molecule has 0 fully saturated rings. The first kappa shape index (κ1) is 14.1. The largest absolute Gasteiger partial charge is 0.310 e. The molecule has 0 aliphatic carbocycles. The number of nitrogens with zero attached hydrogens (tertiary/aromatic N) is 3. The molecule has 0 saturated carbocycles. The smallest absolute Gasteiger partial charge is 0.147 e. The molecule has 0 atom stereocenters. The molecule has 0 amide bonds. The first-order valence-electron chi connectivity index (χ1n) is 5.67. The maximum absolute atomic E-state index is 10.9. The molecule has 1 rings (SSSR count). The Labute approximate surface area is 102 Å². The molecule has 0 aromatic carbocycles. The Bertz CT molecular complexity index is 439. The Morgan fingerprint density at radius 1 is 1.47 bits per heavy atom. The van der Waals surface area contributed by atoms with Crippen LogP contribution < -0.4 is 5.32 Å². The van der Waals surface area contributed by atoms with Gasteiger partial charge in [0.15, 0.2) is 0 Å². The van der Waals surface area contributed by atoms with Gasteiger partial charge in [0.05, 0.1) is 12.3 Å². The van der Waals surface area contributed by atoms with Crippen LogP contribution in [-0.2, 0) is 16.4 Å². The Balaban J connectivity index is 2.29. The Morgan fingerprint density at radius 3 is 2.76 bits per heavy atom. The minimum atomic E-state index is -2.85. The van der Waals surface area contributed by atoms with E-state index in [-0.39, 0.29) is 11.8 Å². The lowest BCUT2D eigenvalue weighted by atomic mass is 10.4. The maximum atomic E-state index is 10.9. The van der Waals surface area contributed by atoms with Gasteiger partial charge in [-0.1, -0.05) is 0 Å². The molecule has 1 N–H and O–H groups in total. The number of rotatable bonds is 7. The third-order valence-corrected chi connectivity index (χ3v) is 3.32. The molecule has 0 aliphatic rings. The van der Waals surface area contributed by atoms with Crippen LogP contribution in [0.15, 0.2) is 6.33 Å². The van der Waals surface area contributed by atoms with E-state index in [1.807, 2.05) is 18.5 Å². The second-order valence-corrected chi connectivity index (χ2v) is 6.63. The van der Waals surface area contributed by atoms with E-state index in [2.05, 4.69) is 15.4 Å². The lowest BCUT2D eigenvalue weighted by Gasteiger charge is -2.09. The summed E-state index contributed by atoms with van der Waals surface area (Å²) in [5, 5.41) is 7.29. The van der Waals surface area contributed by atoms with Gasteiger partial charge >= 0.3 is 0 Å². The number of sulfone groups is 1.